The van der Waals surface area contributed by atoms with E-state index in [2.05, 4.69) is 15.4 Å². The summed E-state index contributed by atoms with van der Waals surface area (Å²) in [7, 11) is 1.50. The van der Waals surface area contributed by atoms with Crippen LogP contribution < -0.4 is 11.4 Å². The molecule has 21 heavy (non-hydrogen) atoms. The fraction of sp³-hybridized carbons (Fsp3) is 0.364. The molecule has 0 unspecified atom stereocenters. The summed E-state index contributed by atoms with van der Waals surface area (Å²) >= 11 is 0. The van der Waals surface area contributed by atoms with Gasteiger partial charge in [-0.25, -0.2) is 9.78 Å². The molecule has 0 bridgehead atoms. The van der Waals surface area contributed by atoms with Crippen LogP contribution in [-0.2, 0) is 24.9 Å². The minimum Gasteiger partial charge on any atom is -0.473 e. The van der Waals surface area contributed by atoms with E-state index in [0.717, 1.165) is 15.6 Å². The summed E-state index contributed by atoms with van der Waals surface area (Å²) in [5.41, 5.74) is 5.81. The van der Waals surface area contributed by atoms with Gasteiger partial charge in [0, 0.05) is 25.9 Å². The first kappa shape index (κ1) is 14.5. The lowest BCUT2D eigenvalue weighted by Crippen LogP contribution is -2.23. The third-order valence-electron chi connectivity index (χ3n) is 2.81. The van der Waals surface area contributed by atoms with Gasteiger partial charge in [-0.3, -0.25) is 0 Å². The number of allylic oxidation sites excluding steroid dienone is 1. The highest BCUT2D eigenvalue weighted by atomic mass is 16.5. The smallest absolute Gasteiger partial charge is 0.369 e. The Morgan fingerprint density at radius 1 is 1.52 bits per heavy atom. The summed E-state index contributed by atoms with van der Waals surface area (Å²) in [6.07, 6.45) is 3.94. The Hall–Kier alpha value is -2.91. The Balaban J connectivity index is 2.37. The molecule has 2 rings (SSSR count). The zero-order valence-corrected chi connectivity index (χ0v) is 11.7. The number of nitrogens with zero attached hydrogens (tertiary/aromatic N) is 6. The number of hydrogen-bond acceptors (Lipinski definition) is 7. The average Bonchev–Trinajstić information content (AvgIpc) is 3.01. The first-order chi connectivity index (χ1) is 10.1. The number of ether oxygens (including phenoxy) is 1. The first-order valence-electron chi connectivity index (χ1n) is 6.20. The molecule has 112 valence electrons. The summed E-state index contributed by atoms with van der Waals surface area (Å²) in [5.74, 6) is 0.448. The molecule has 0 amide bonds. The SMILES string of the molecule is CCn1cnc(-n2nnn(C)c2=O)c1COC(N)=CC=N. The molecular weight excluding hydrogens is 276 g/mol. The minimum atomic E-state index is -0.402. The largest absolute Gasteiger partial charge is 0.473 e. The Kier molecular flexibility index (Phi) is 4.16. The fourth-order valence-corrected chi connectivity index (χ4v) is 1.72. The zero-order valence-electron chi connectivity index (χ0n) is 11.7. The maximum Gasteiger partial charge on any atom is 0.369 e. The lowest BCUT2D eigenvalue weighted by Gasteiger charge is -2.09. The van der Waals surface area contributed by atoms with Crippen LogP contribution in [0.4, 0.5) is 0 Å². The molecule has 10 heteroatoms. The van der Waals surface area contributed by atoms with E-state index in [1.807, 2.05) is 11.5 Å². The van der Waals surface area contributed by atoms with E-state index in [0.29, 0.717) is 18.1 Å². The van der Waals surface area contributed by atoms with Crippen LogP contribution >= 0.6 is 0 Å². The van der Waals surface area contributed by atoms with Crippen molar-refractivity contribution >= 4 is 6.21 Å². The van der Waals surface area contributed by atoms with Gasteiger partial charge in [0.15, 0.2) is 11.7 Å². The quantitative estimate of drug-likeness (QED) is 0.527. The van der Waals surface area contributed by atoms with Gasteiger partial charge in [0.05, 0.1) is 6.33 Å². The van der Waals surface area contributed by atoms with Gasteiger partial charge in [-0.05, 0) is 17.4 Å². The normalized spacial score (nSPS) is 11.6. The Morgan fingerprint density at radius 3 is 2.86 bits per heavy atom. The van der Waals surface area contributed by atoms with Crippen molar-refractivity contribution in [3.63, 3.8) is 0 Å². The topological polar surface area (TPSA) is 130 Å². The molecule has 0 aromatic carbocycles. The van der Waals surface area contributed by atoms with Gasteiger partial charge in [0.25, 0.3) is 0 Å². The molecule has 3 N–H and O–H groups in total. The van der Waals surface area contributed by atoms with Crippen LogP contribution in [0.2, 0.25) is 0 Å². The van der Waals surface area contributed by atoms with Gasteiger partial charge < -0.3 is 20.4 Å². The second kappa shape index (κ2) is 6.03. The van der Waals surface area contributed by atoms with Crippen molar-refractivity contribution in [1.29, 1.82) is 5.41 Å². The van der Waals surface area contributed by atoms with Crippen molar-refractivity contribution in [2.24, 2.45) is 12.8 Å². The Labute approximate surface area is 119 Å². The second-order valence-corrected chi connectivity index (χ2v) is 4.12. The lowest BCUT2D eigenvalue weighted by molar-refractivity contribution is 0.189. The maximum atomic E-state index is 11.9. The van der Waals surface area contributed by atoms with Crippen LogP contribution in [0.3, 0.4) is 0 Å². The predicted molar refractivity (Wildman–Crippen MR) is 73.9 cm³/mol. The maximum absolute atomic E-state index is 11.9. The third-order valence-corrected chi connectivity index (χ3v) is 2.81. The molecule has 0 radical (unpaired) electrons. The van der Waals surface area contributed by atoms with Gasteiger partial charge in [-0.2, -0.15) is 4.68 Å². The number of aryl methyl sites for hydroxylation is 2. The predicted octanol–water partition coefficient (Wildman–Crippen LogP) is -0.851. The van der Waals surface area contributed by atoms with E-state index in [1.54, 1.807) is 6.33 Å². The number of rotatable bonds is 6. The van der Waals surface area contributed by atoms with E-state index in [-0.39, 0.29) is 12.5 Å². The summed E-state index contributed by atoms with van der Waals surface area (Å²) in [4.78, 5) is 16.1. The second-order valence-electron chi connectivity index (χ2n) is 4.12. The number of hydrogen-bond donors (Lipinski definition) is 2. The molecule has 0 atom stereocenters. The molecule has 0 saturated carbocycles. The number of tetrazole rings is 1. The van der Waals surface area contributed by atoms with Crippen LogP contribution in [0, 0.1) is 5.41 Å². The molecule has 0 aliphatic rings. The van der Waals surface area contributed by atoms with E-state index in [4.69, 9.17) is 15.9 Å². The zero-order chi connectivity index (χ0) is 15.4. The molecule has 2 heterocycles. The first-order valence-corrected chi connectivity index (χ1v) is 6.20. The molecule has 0 fully saturated rings. The number of aromatic nitrogens is 6. The highest BCUT2D eigenvalue weighted by Gasteiger charge is 2.17. The van der Waals surface area contributed by atoms with Crippen molar-refractivity contribution in [2.45, 2.75) is 20.1 Å². The van der Waals surface area contributed by atoms with E-state index >= 15 is 0 Å². The van der Waals surface area contributed by atoms with Crippen LogP contribution in [0.25, 0.3) is 5.82 Å². The summed E-state index contributed by atoms with van der Waals surface area (Å²) in [6, 6.07) is 0. The molecule has 0 spiro atoms. The Bertz CT molecular complexity index is 723. The van der Waals surface area contributed by atoms with E-state index in [9.17, 15) is 4.79 Å². The van der Waals surface area contributed by atoms with Crippen molar-refractivity contribution in [3.05, 3.63) is 34.5 Å². The van der Waals surface area contributed by atoms with E-state index < -0.39 is 5.69 Å². The molecule has 2 aromatic rings. The van der Waals surface area contributed by atoms with Gasteiger partial charge in [-0.1, -0.05) is 0 Å². The monoisotopic (exact) mass is 292 g/mol. The van der Waals surface area contributed by atoms with Crippen molar-refractivity contribution in [2.75, 3.05) is 0 Å². The van der Waals surface area contributed by atoms with Gasteiger partial charge in [0.2, 0.25) is 0 Å². The van der Waals surface area contributed by atoms with Crippen molar-refractivity contribution in [1.82, 2.24) is 29.3 Å². The highest BCUT2D eigenvalue weighted by Crippen LogP contribution is 2.12. The minimum absolute atomic E-state index is 0.0996. The molecule has 0 saturated heterocycles. The lowest BCUT2D eigenvalue weighted by atomic mass is 10.4. The molecule has 0 aliphatic carbocycles. The highest BCUT2D eigenvalue weighted by molar-refractivity contribution is 5.68. The molecule has 0 aliphatic heterocycles. The Morgan fingerprint density at radius 2 is 2.29 bits per heavy atom. The van der Waals surface area contributed by atoms with Crippen LogP contribution in [0.5, 0.6) is 0 Å². The molecule has 2 aromatic heterocycles. The molecule has 10 nitrogen and oxygen atoms in total. The van der Waals surface area contributed by atoms with Gasteiger partial charge in [-0.15, -0.1) is 4.68 Å². The number of nitrogens with two attached hydrogens (primary N) is 1. The fourth-order valence-electron chi connectivity index (χ4n) is 1.72. The third kappa shape index (κ3) is 2.83. The molecular formula is C11H16N8O2. The van der Waals surface area contributed by atoms with Crippen molar-refractivity contribution in [3.8, 4) is 5.82 Å². The summed E-state index contributed by atoms with van der Waals surface area (Å²) < 4.78 is 9.36. The number of nitrogens with one attached hydrogen (secondary N) is 1. The number of imidazole rings is 1. The van der Waals surface area contributed by atoms with Crippen LogP contribution in [-0.4, -0.2) is 35.6 Å². The van der Waals surface area contributed by atoms with Crippen LogP contribution in [0.1, 0.15) is 12.6 Å². The van der Waals surface area contributed by atoms with Crippen molar-refractivity contribution < 1.29 is 4.74 Å². The summed E-state index contributed by atoms with van der Waals surface area (Å²) in [5, 5.41) is 14.3. The van der Waals surface area contributed by atoms with Gasteiger partial charge in [0.1, 0.15) is 12.3 Å². The van der Waals surface area contributed by atoms with Gasteiger partial charge >= 0.3 is 5.69 Å². The average molecular weight is 292 g/mol. The van der Waals surface area contributed by atoms with E-state index in [1.165, 1.54) is 13.1 Å². The standard InChI is InChI=1S/C11H16N8O2/c1-3-18-7-14-10(19-11(20)17(2)15-16-19)8(18)6-21-9(13)4-5-12/h4-5,7,12H,3,6,13H2,1-2H3. The van der Waals surface area contributed by atoms with Crippen LogP contribution in [0.15, 0.2) is 23.1 Å². The summed E-state index contributed by atoms with van der Waals surface area (Å²) in [6.45, 7) is 2.68.